The fourth-order valence-corrected chi connectivity index (χ4v) is 3.89. The van der Waals surface area contributed by atoms with Gasteiger partial charge < -0.3 is 24.4 Å². The number of rotatable bonds is 9. The van der Waals surface area contributed by atoms with Crippen LogP contribution in [0, 0.1) is 11.1 Å². The smallest absolute Gasteiger partial charge is 0.402 e. The molecular weight excluding hydrogens is 418 g/mol. The van der Waals surface area contributed by atoms with Gasteiger partial charge in [-0.1, -0.05) is 44.2 Å². The van der Waals surface area contributed by atoms with Crippen molar-refractivity contribution in [2.45, 2.75) is 33.3 Å². The molecule has 0 aliphatic carbocycles. The first kappa shape index (κ1) is 22.5. The maximum atomic E-state index is 13.3. The molecular formula is C26H29N3O4. The molecule has 0 saturated carbocycles. The first-order valence-electron chi connectivity index (χ1n) is 11.0. The van der Waals surface area contributed by atoms with E-state index in [1.165, 1.54) is 7.11 Å². The summed E-state index contributed by atoms with van der Waals surface area (Å²) < 4.78 is 17.8. The maximum Gasteiger partial charge on any atom is 0.402 e. The lowest BCUT2D eigenvalue weighted by Gasteiger charge is -2.16. The Morgan fingerprint density at radius 3 is 2.55 bits per heavy atom. The molecule has 7 heteroatoms. The lowest BCUT2D eigenvalue weighted by molar-refractivity contribution is -0.622. The van der Waals surface area contributed by atoms with Crippen LogP contribution >= 0.6 is 0 Å². The van der Waals surface area contributed by atoms with Crippen molar-refractivity contribution in [3.63, 3.8) is 0 Å². The molecule has 0 saturated heterocycles. The minimum Gasteiger partial charge on any atom is -0.616 e. The summed E-state index contributed by atoms with van der Waals surface area (Å²) in [7, 11) is 3.14. The monoisotopic (exact) mass is 447 g/mol. The molecule has 0 fully saturated rings. The zero-order valence-corrected chi connectivity index (χ0v) is 19.4. The van der Waals surface area contributed by atoms with Crippen LogP contribution in [0.3, 0.4) is 0 Å². The largest absolute Gasteiger partial charge is 0.616 e. The van der Waals surface area contributed by atoms with E-state index in [2.05, 4.69) is 18.8 Å². The lowest BCUT2D eigenvalue weighted by Crippen LogP contribution is -2.37. The van der Waals surface area contributed by atoms with Crippen LogP contribution in [0.1, 0.15) is 36.4 Å². The molecule has 2 aromatic carbocycles. The summed E-state index contributed by atoms with van der Waals surface area (Å²) >= 11 is 0. The number of ether oxygens (including phenoxy) is 3. The summed E-state index contributed by atoms with van der Waals surface area (Å²) in [6.07, 6.45) is 2.86. The Balaban J connectivity index is 1.74. The summed E-state index contributed by atoms with van der Waals surface area (Å²) in [5.74, 6) is 1.55. The highest BCUT2D eigenvalue weighted by Crippen LogP contribution is 2.29. The van der Waals surface area contributed by atoms with Crippen molar-refractivity contribution in [3.8, 4) is 17.5 Å². The maximum absolute atomic E-state index is 13.3. The van der Waals surface area contributed by atoms with E-state index in [-0.39, 0.29) is 11.8 Å². The Kier molecular flexibility index (Phi) is 6.68. The predicted molar refractivity (Wildman–Crippen MR) is 127 cm³/mol. The molecule has 2 heterocycles. The van der Waals surface area contributed by atoms with Gasteiger partial charge in [0, 0.05) is 29.9 Å². The third kappa shape index (κ3) is 4.87. The van der Waals surface area contributed by atoms with E-state index in [1.807, 2.05) is 54.7 Å². The molecule has 0 radical (unpaired) electrons. The molecule has 33 heavy (non-hydrogen) atoms. The minimum absolute atomic E-state index is 0.190. The van der Waals surface area contributed by atoms with Crippen LogP contribution in [0.25, 0.3) is 10.9 Å². The molecule has 4 aromatic rings. The average molecular weight is 448 g/mol. The molecule has 172 valence electrons. The summed E-state index contributed by atoms with van der Waals surface area (Å²) in [5, 5.41) is 14.3. The first-order chi connectivity index (χ1) is 16.0. The van der Waals surface area contributed by atoms with Gasteiger partial charge in [-0.2, -0.15) is 0 Å². The quantitative estimate of drug-likeness (QED) is 0.300. The van der Waals surface area contributed by atoms with Gasteiger partial charge in [0.05, 0.1) is 14.2 Å². The molecule has 1 N–H and O–H groups in total. The van der Waals surface area contributed by atoms with Crippen LogP contribution in [0.2, 0.25) is 0 Å². The summed E-state index contributed by atoms with van der Waals surface area (Å²) in [6, 6.07) is 15.7. The number of nitrogens with one attached hydrogen (secondary N) is 1. The number of nitrogens with zero attached hydrogens (tertiary/aromatic N) is 2. The highest BCUT2D eigenvalue weighted by molar-refractivity contribution is 5.85. The first-order valence-corrected chi connectivity index (χ1v) is 11.0. The average Bonchev–Trinajstić information content (AvgIpc) is 3.22. The zero-order chi connectivity index (χ0) is 23.4. The minimum atomic E-state index is 0.190. The van der Waals surface area contributed by atoms with E-state index < -0.39 is 0 Å². The van der Waals surface area contributed by atoms with Crippen LogP contribution in [-0.4, -0.2) is 24.2 Å². The van der Waals surface area contributed by atoms with Crippen LogP contribution in [-0.2, 0) is 19.4 Å². The van der Waals surface area contributed by atoms with E-state index in [1.54, 1.807) is 7.11 Å². The van der Waals surface area contributed by atoms with Gasteiger partial charge >= 0.3 is 5.88 Å². The molecule has 7 nitrogen and oxygen atoms in total. The number of hydrogen-bond donors (Lipinski definition) is 1. The second-order valence-corrected chi connectivity index (χ2v) is 8.39. The topological polar surface area (TPSA) is 83.3 Å². The Labute approximate surface area is 193 Å². The van der Waals surface area contributed by atoms with Crippen molar-refractivity contribution in [2.75, 3.05) is 14.2 Å². The summed E-state index contributed by atoms with van der Waals surface area (Å²) in [6.45, 7) is 4.44. The summed E-state index contributed by atoms with van der Waals surface area (Å²) in [5.41, 5.74) is 3.97. The number of hydrogen-bond acceptors (Lipinski definition) is 5. The van der Waals surface area contributed by atoms with Crippen LogP contribution in [0.4, 0.5) is 0 Å². The molecule has 0 aliphatic rings. The standard InChI is InChI=1S/C26H29N3O4/c1-17(2)12-24-25(33-16-18-8-6-5-7-9-18)28-23(26(32-4)29(24)30)13-19-15-27-22-11-10-20(31-3)14-21(19)22/h5-11,14-15,17,27H,12-13,16H2,1-4H3. The Hall–Kier alpha value is -3.74. The normalized spacial score (nSPS) is 11.2. The number of fused-ring (bicyclic) bond motifs is 1. The SMILES string of the molecule is COc1ccc2[nH]cc(Cc3nc(OCc4ccccc4)c(CC(C)C)[n+]([O-])c3OC)c2c1. The lowest BCUT2D eigenvalue weighted by atomic mass is 10.1. The van der Waals surface area contributed by atoms with Gasteiger partial charge in [-0.05, 0) is 35.2 Å². The van der Waals surface area contributed by atoms with Gasteiger partial charge in [-0.25, -0.2) is 4.98 Å². The molecule has 4 rings (SSSR count). The van der Waals surface area contributed by atoms with E-state index in [0.717, 1.165) is 32.5 Å². The van der Waals surface area contributed by atoms with Gasteiger partial charge in [0.15, 0.2) is 5.69 Å². The molecule has 0 aliphatic heterocycles. The fourth-order valence-electron chi connectivity index (χ4n) is 3.89. The highest BCUT2D eigenvalue weighted by atomic mass is 16.5. The molecule has 0 spiro atoms. The van der Waals surface area contributed by atoms with Gasteiger partial charge in [0.2, 0.25) is 0 Å². The van der Waals surface area contributed by atoms with Crippen molar-refractivity contribution in [1.29, 1.82) is 0 Å². The van der Waals surface area contributed by atoms with Crippen molar-refractivity contribution in [3.05, 3.63) is 82.4 Å². The predicted octanol–water partition coefficient (Wildman–Crippen LogP) is 4.58. The van der Waals surface area contributed by atoms with E-state index in [9.17, 15) is 5.21 Å². The van der Waals surface area contributed by atoms with Crippen molar-refractivity contribution >= 4 is 10.9 Å². The molecule has 0 bridgehead atoms. The van der Waals surface area contributed by atoms with Crippen LogP contribution in [0.5, 0.6) is 17.5 Å². The second-order valence-electron chi connectivity index (χ2n) is 8.39. The fraction of sp³-hybridized carbons (Fsp3) is 0.308. The third-order valence-corrected chi connectivity index (χ3v) is 5.51. The van der Waals surface area contributed by atoms with Gasteiger partial charge in [0.25, 0.3) is 11.6 Å². The molecule has 2 aromatic heterocycles. The highest BCUT2D eigenvalue weighted by Gasteiger charge is 2.27. The molecule has 0 atom stereocenters. The van der Waals surface area contributed by atoms with Gasteiger partial charge in [-0.15, -0.1) is 4.73 Å². The van der Waals surface area contributed by atoms with Crippen LogP contribution < -0.4 is 18.9 Å². The van der Waals surface area contributed by atoms with Crippen molar-refractivity contribution in [1.82, 2.24) is 9.97 Å². The number of benzene rings is 2. The van der Waals surface area contributed by atoms with Gasteiger partial charge in [-0.3, -0.25) is 0 Å². The number of aromatic amines is 1. The summed E-state index contributed by atoms with van der Waals surface area (Å²) in [4.78, 5) is 8.05. The Bertz CT molecular complexity index is 1240. The number of H-pyrrole nitrogens is 1. The van der Waals surface area contributed by atoms with Gasteiger partial charge in [0.1, 0.15) is 12.4 Å². The number of methoxy groups -OCH3 is 2. The Morgan fingerprint density at radius 2 is 1.85 bits per heavy atom. The second kappa shape index (κ2) is 9.81. The van der Waals surface area contributed by atoms with E-state index in [0.29, 0.717) is 36.7 Å². The third-order valence-electron chi connectivity index (χ3n) is 5.51. The van der Waals surface area contributed by atoms with Crippen molar-refractivity contribution < 1.29 is 18.9 Å². The van der Waals surface area contributed by atoms with E-state index in [4.69, 9.17) is 19.2 Å². The Morgan fingerprint density at radius 1 is 1.06 bits per heavy atom. The van der Waals surface area contributed by atoms with Crippen molar-refractivity contribution in [2.24, 2.45) is 5.92 Å². The molecule has 0 unspecified atom stereocenters. The molecule has 0 amide bonds. The number of aromatic nitrogens is 3. The van der Waals surface area contributed by atoms with Crippen LogP contribution in [0.15, 0.2) is 54.7 Å². The zero-order valence-electron chi connectivity index (χ0n) is 19.4. The van der Waals surface area contributed by atoms with E-state index >= 15 is 0 Å².